The van der Waals surface area contributed by atoms with Crippen LogP contribution in [-0.4, -0.2) is 63.5 Å². The molecule has 1 aliphatic rings. The lowest BCUT2D eigenvalue weighted by Crippen LogP contribution is -2.48. The fourth-order valence-corrected chi connectivity index (χ4v) is 4.11. The Hall–Kier alpha value is -3.10. The van der Waals surface area contributed by atoms with E-state index in [1.165, 1.54) is 23.3 Å². The van der Waals surface area contributed by atoms with Gasteiger partial charge in [-0.15, -0.1) is 0 Å². The largest absolute Gasteiger partial charge is 0.398 e. The average molecular weight is 447 g/mol. The van der Waals surface area contributed by atoms with Gasteiger partial charge in [0, 0.05) is 17.6 Å². The number of benzene rings is 1. The lowest BCUT2D eigenvalue weighted by molar-refractivity contribution is -0.107. The molecule has 13 heteroatoms. The molecular formula is C18H21N7O5S. The second kappa shape index (κ2) is 7.86. The number of imidazole rings is 1. The van der Waals surface area contributed by atoms with Crippen LogP contribution in [0.15, 0.2) is 42.3 Å². The molecule has 0 unspecified atom stereocenters. The Kier molecular flexibility index (Phi) is 5.36. The molecule has 4 rings (SSSR count). The molecule has 0 bridgehead atoms. The zero-order chi connectivity index (χ0) is 22.2. The second-order valence-electron chi connectivity index (χ2n) is 7.04. The topological polar surface area (TPSA) is 191 Å². The molecule has 3 heterocycles. The monoisotopic (exact) mass is 447 g/mol. The van der Waals surface area contributed by atoms with Crippen molar-refractivity contribution in [1.82, 2.24) is 24.2 Å². The number of aromatic nitrogens is 4. The average Bonchev–Trinajstić information content (AvgIpc) is 3.30. The summed E-state index contributed by atoms with van der Waals surface area (Å²) in [6.07, 6.45) is 1.34. The van der Waals surface area contributed by atoms with Gasteiger partial charge in [-0.25, -0.2) is 28.1 Å². The zero-order valence-corrected chi connectivity index (χ0v) is 17.0. The lowest BCUT2D eigenvalue weighted by Gasteiger charge is -2.27. The first-order chi connectivity index (χ1) is 14.7. The molecule has 164 valence electrons. The van der Waals surface area contributed by atoms with E-state index in [4.69, 9.17) is 16.2 Å². The Bertz CT molecular complexity index is 1250. The van der Waals surface area contributed by atoms with Crippen molar-refractivity contribution in [3.8, 4) is 0 Å². The zero-order valence-electron chi connectivity index (χ0n) is 16.2. The summed E-state index contributed by atoms with van der Waals surface area (Å²) in [6.45, 7) is -0.587. The van der Waals surface area contributed by atoms with Gasteiger partial charge < -0.3 is 26.4 Å². The number of anilines is 2. The quantitative estimate of drug-likeness (QED) is 0.292. The number of aliphatic hydroxyl groups excluding tert-OH is 1. The molecule has 7 N–H and O–H groups in total. The second-order valence-corrected chi connectivity index (χ2v) is 8.69. The van der Waals surface area contributed by atoms with E-state index in [-0.39, 0.29) is 30.1 Å². The number of para-hydroxylation sites is 1. The van der Waals surface area contributed by atoms with Gasteiger partial charge in [-0.1, -0.05) is 18.2 Å². The van der Waals surface area contributed by atoms with Crippen LogP contribution >= 0.6 is 0 Å². The number of nitrogens with two attached hydrogens (primary N) is 2. The molecule has 1 fully saturated rings. The highest BCUT2D eigenvalue weighted by Crippen LogP contribution is 2.32. The number of aliphatic hydroxyl groups is 2. The Morgan fingerprint density at radius 2 is 2.06 bits per heavy atom. The highest BCUT2D eigenvalue weighted by molar-refractivity contribution is 7.92. The minimum absolute atomic E-state index is 0.121. The van der Waals surface area contributed by atoms with Crippen molar-refractivity contribution in [3.63, 3.8) is 0 Å². The number of nitrogens with one attached hydrogen (secondary N) is 1. The molecule has 12 nitrogen and oxygen atoms in total. The van der Waals surface area contributed by atoms with Crippen LogP contribution in [0.4, 0.5) is 11.5 Å². The van der Waals surface area contributed by atoms with Gasteiger partial charge in [-0.05, 0) is 17.7 Å². The van der Waals surface area contributed by atoms with Gasteiger partial charge in [-0.3, -0.25) is 4.57 Å². The van der Waals surface area contributed by atoms with Crippen LogP contribution in [0.5, 0.6) is 0 Å². The summed E-state index contributed by atoms with van der Waals surface area (Å²) in [5.74, 6) is 0.121. The highest BCUT2D eigenvalue weighted by atomic mass is 32.2. The lowest BCUT2D eigenvalue weighted by atomic mass is 10.1. The number of nitrogens with zero attached hydrogens (tertiary/aromatic N) is 4. The van der Waals surface area contributed by atoms with E-state index in [0.29, 0.717) is 11.3 Å². The summed E-state index contributed by atoms with van der Waals surface area (Å²) >= 11 is 0. The van der Waals surface area contributed by atoms with Crippen molar-refractivity contribution in [1.29, 1.82) is 0 Å². The molecule has 0 spiro atoms. The van der Waals surface area contributed by atoms with Crippen LogP contribution < -0.4 is 16.2 Å². The van der Waals surface area contributed by atoms with Gasteiger partial charge in [0.25, 0.3) is 0 Å². The Morgan fingerprint density at radius 1 is 1.29 bits per heavy atom. The molecule has 0 radical (unpaired) electrons. The molecule has 0 amide bonds. The third kappa shape index (κ3) is 3.96. The van der Waals surface area contributed by atoms with Gasteiger partial charge in [0.1, 0.15) is 24.1 Å². The van der Waals surface area contributed by atoms with Gasteiger partial charge in [0.2, 0.25) is 10.0 Å². The number of rotatable bonds is 6. The van der Waals surface area contributed by atoms with Crippen LogP contribution in [0.3, 0.4) is 0 Å². The fourth-order valence-electron chi connectivity index (χ4n) is 3.29. The normalized spacial score (nSPS) is 24.3. The van der Waals surface area contributed by atoms with Crippen molar-refractivity contribution in [2.45, 2.75) is 17.9 Å². The van der Waals surface area contributed by atoms with Crippen molar-refractivity contribution in [2.24, 2.45) is 0 Å². The van der Waals surface area contributed by atoms with Crippen molar-refractivity contribution < 1.29 is 23.4 Å². The molecule has 0 saturated carbocycles. The first-order valence-electron chi connectivity index (χ1n) is 9.19. The molecule has 1 aromatic carbocycles. The maximum Gasteiger partial charge on any atom is 0.233 e. The third-order valence-corrected chi connectivity index (χ3v) is 6.09. The van der Waals surface area contributed by atoms with Crippen molar-refractivity contribution in [3.05, 3.63) is 47.9 Å². The van der Waals surface area contributed by atoms with E-state index in [9.17, 15) is 18.6 Å². The molecule has 3 atom stereocenters. The van der Waals surface area contributed by atoms with E-state index in [1.807, 2.05) is 0 Å². The summed E-state index contributed by atoms with van der Waals surface area (Å²) in [5.41, 5.74) is 11.1. The molecule has 31 heavy (non-hydrogen) atoms. The van der Waals surface area contributed by atoms with E-state index in [2.05, 4.69) is 19.7 Å². The van der Waals surface area contributed by atoms with E-state index in [0.717, 1.165) is 5.41 Å². The first-order valence-corrected chi connectivity index (χ1v) is 10.7. The van der Waals surface area contributed by atoms with Crippen LogP contribution in [0.25, 0.3) is 17.2 Å². The van der Waals surface area contributed by atoms with E-state index in [1.54, 1.807) is 24.3 Å². The maximum atomic E-state index is 12.3. The number of sulfonamides is 1. The number of fused-ring (bicyclic) bond motifs is 1. The molecule has 2 aromatic heterocycles. The first kappa shape index (κ1) is 21.1. The molecular weight excluding hydrogens is 426 g/mol. The number of hydrogen-bond donors (Lipinski definition) is 5. The van der Waals surface area contributed by atoms with Crippen LogP contribution in [-0.2, 0) is 20.5 Å². The number of ether oxygens (including phenoxy) is 1. The standard InChI is InChI=1S/C18H21N7O5S/c19-12-4-2-1-3-11(12)5-6-31(28,29)24-7-13-15(26)18(27,8-30-13)25-10-23-14-16(20)21-9-22-17(14)25/h1-6,9-10,13,15,24,26-27H,7-8,19H2,(H2,20,21,22)/b6-5+/t13-,15-,18-/m1/s1. The molecule has 0 aliphatic carbocycles. The SMILES string of the molecule is Nc1ccccc1/C=C/S(=O)(=O)NC[C@H]1OC[C@](O)(n2cnc3c(N)ncnc32)[C@@H]1O. The predicted octanol–water partition coefficient (Wildman–Crippen LogP) is -1.01. The van der Waals surface area contributed by atoms with Gasteiger partial charge >= 0.3 is 0 Å². The Morgan fingerprint density at radius 3 is 2.84 bits per heavy atom. The highest BCUT2D eigenvalue weighted by Gasteiger charge is 2.50. The Balaban J connectivity index is 1.47. The summed E-state index contributed by atoms with van der Waals surface area (Å²) in [6, 6.07) is 6.81. The van der Waals surface area contributed by atoms with Crippen LogP contribution in [0.1, 0.15) is 5.56 Å². The van der Waals surface area contributed by atoms with E-state index < -0.39 is 28.0 Å². The predicted molar refractivity (Wildman–Crippen MR) is 112 cm³/mol. The number of nitrogen functional groups attached to an aromatic ring is 2. The van der Waals surface area contributed by atoms with Crippen molar-refractivity contribution in [2.75, 3.05) is 24.6 Å². The van der Waals surface area contributed by atoms with Crippen LogP contribution in [0.2, 0.25) is 0 Å². The van der Waals surface area contributed by atoms with Crippen LogP contribution in [0, 0.1) is 0 Å². The van der Waals surface area contributed by atoms with E-state index >= 15 is 0 Å². The number of hydrogen-bond acceptors (Lipinski definition) is 10. The van der Waals surface area contributed by atoms with Gasteiger partial charge in [0.15, 0.2) is 17.2 Å². The van der Waals surface area contributed by atoms with Crippen molar-refractivity contribution >= 4 is 38.8 Å². The fraction of sp³-hybridized carbons (Fsp3) is 0.278. The smallest absolute Gasteiger partial charge is 0.233 e. The molecule has 3 aromatic rings. The summed E-state index contributed by atoms with van der Waals surface area (Å²) in [7, 11) is -3.85. The Labute approximate surface area is 177 Å². The molecule has 1 saturated heterocycles. The molecule has 1 aliphatic heterocycles. The summed E-state index contributed by atoms with van der Waals surface area (Å²) in [5, 5.41) is 22.7. The van der Waals surface area contributed by atoms with Gasteiger partial charge in [0.05, 0.1) is 12.9 Å². The maximum absolute atomic E-state index is 12.3. The summed E-state index contributed by atoms with van der Waals surface area (Å²) in [4.78, 5) is 11.9. The minimum Gasteiger partial charge on any atom is -0.398 e. The third-order valence-electron chi connectivity index (χ3n) is 5.02. The van der Waals surface area contributed by atoms with Gasteiger partial charge in [-0.2, -0.15) is 0 Å². The minimum atomic E-state index is -3.85. The summed E-state index contributed by atoms with van der Waals surface area (Å²) < 4.78 is 33.6.